The number of aromatic nitrogens is 1. The number of nitrogens with zero attached hydrogens (tertiary/aromatic N) is 2. The van der Waals surface area contributed by atoms with Crippen LogP contribution in [0, 0.1) is 11.3 Å². The molecule has 2 aromatic rings. The summed E-state index contributed by atoms with van der Waals surface area (Å²) in [6.07, 6.45) is 5.00. The van der Waals surface area contributed by atoms with E-state index in [1.165, 1.54) is 17.5 Å². The molecule has 0 bridgehead atoms. The molecular formula is C18H18N4O2S. The molecule has 2 aromatic heterocycles. The Labute approximate surface area is 150 Å². The van der Waals surface area contributed by atoms with E-state index in [2.05, 4.69) is 16.4 Å². The number of anilines is 1. The van der Waals surface area contributed by atoms with Crippen molar-refractivity contribution < 1.29 is 9.53 Å². The number of carbonyl (C=O) groups is 1. The molecule has 0 unspecified atom stereocenters. The lowest BCUT2D eigenvalue weighted by atomic mass is 10.2. The van der Waals surface area contributed by atoms with E-state index in [0.29, 0.717) is 28.5 Å². The standard InChI is InChI=1S/C18H18N4O2S/c1-3-13(9-12(2)10-19)24-16-7-6-14(25-16)11-22-18(23)15-5-4-8-21-17(15)20/h3-9H,11H2,1-2H3,(H2,20,21)(H,22,23)/b12-9+,13-3+. The number of hydrogen-bond donors (Lipinski definition) is 2. The van der Waals surface area contributed by atoms with Gasteiger partial charge in [-0.05, 0) is 50.3 Å². The molecule has 0 radical (unpaired) electrons. The molecule has 0 saturated carbocycles. The highest BCUT2D eigenvalue weighted by Gasteiger charge is 2.10. The summed E-state index contributed by atoms with van der Waals surface area (Å²) in [5, 5.41) is 12.3. The lowest BCUT2D eigenvalue weighted by Crippen LogP contribution is -2.23. The SMILES string of the molecule is C/C=C(\C=C(/C)C#N)Oc1ccc(CNC(=O)c2cccnc2N)s1. The maximum absolute atomic E-state index is 12.1. The van der Waals surface area contributed by atoms with Crippen molar-refractivity contribution in [3.8, 4) is 11.1 Å². The van der Waals surface area contributed by atoms with Crippen LogP contribution in [0.3, 0.4) is 0 Å². The Morgan fingerprint density at radius 3 is 2.96 bits per heavy atom. The molecule has 2 heterocycles. The summed E-state index contributed by atoms with van der Waals surface area (Å²) in [5.74, 6) is 0.524. The number of nitriles is 1. The number of thiophene rings is 1. The van der Waals surface area contributed by atoms with Crippen LogP contribution in [0.5, 0.6) is 5.06 Å². The van der Waals surface area contributed by atoms with Gasteiger partial charge in [0.05, 0.1) is 18.2 Å². The fourth-order valence-electron chi connectivity index (χ4n) is 1.91. The first-order valence-corrected chi connectivity index (χ1v) is 8.35. The van der Waals surface area contributed by atoms with E-state index in [0.717, 1.165) is 4.88 Å². The van der Waals surface area contributed by atoms with Gasteiger partial charge < -0.3 is 15.8 Å². The van der Waals surface area contributed by atoms with Crippen LogP contribution in [0.1, 0.15) is 29.1 Å². The van der Waals surface area contributed by atoms with Crippen LogP contribution in [-0.4, -0.2) is 10.9 Å². The van der Waals surface area contributed by atoms with Gasteiger partial charge in [0.1, 0.15) is 11.6 Å². The lowest BCUT2D eigenvalue weighted by Gasteiger charge is -2.05. The summed E-state index contributed by atoms with van der Waals surface area (Å²) in [5.41, 5.74) is 6.60. The number of amides is 1. The molecule has 0 aliphatic rings. The topological polar surface area (TPSA) is 101 Å². The van der Waals surface area contributed by atoms with Gasteiger partial charge in [-0.15, -0.1) is 11.3 Å². The monoisotopic (exact) mass is 354 g/mol. The van der Waals surface area contributed by atoms with Crippen LogP contribution in [0.25, 0.3) is 0 Å². The van der Waals surface area contributed by atoms with Crippen LogP contribution in [0.2, 0.25) is 0 Å². The van der Waals surface area contributed by atoms with E-state index in [9.17, 15) is 4.79 Å². The Morgan fingerprint density at radius 1 is 1.48 bits per heavy atom. The number of allylic oxidation sites excluding steroid dienone is 3. The maximum atomic E-state index is 12.1. The van der Waals surface area contributed by atoms with Crippen molar-refractivity contribution in [3.63, 3.8) is 0 Å². The predicted molar refractivity (Wildman–Crippen MR) is 97.9 cm³/mol. The quantitative estimate of drug-likeness (QED) is 0.470. The number of rotatable bonds is 6. The maximum Gasteiger partial charge on any atom is 0.255 e. The minimum atomic E-state index is -0.275. The fraction of sp³-hybridized carbons (Fsp3) is 0.167. The number of nitrogen functional groups attached to an aromatic ring is 1. The van der Waals surface area contributed by atoms with Crippen LogP contribution >= 0.6 is 11.3 Å². The van der Waals surface area contributed by atoms with Gasteiger partial charge in [0.25, 0.3) is 5.91 Å². The van der Waals surface area contributed by atoms with Crippen LogP contribution < -0.4 is 15.8 Å². The summed E-state index contributed by atoms with van der Waals surface area (Å²) in [6.45, 7) is 3.91. The number of hydrogen-bond acceptors (Lipinski definition) is 6. The van der Waals surface area contributed by atoms with Crippen molar-refractivity contribution in [1.29, 1.82) is 5.26 Å². The molecule has 2 rings (SSSR count). The molecule has 128 valence electrons. The zero-order valence-electron chi connectivity index (χ0n) is 13.9. The molecule has 6 nitrogen and oxygen atoms in total. The first-order chi connectivity index (χ1) is 12.0. The Morgan fingerprint density at radius 2 is 2.28 bits per heavy atom. The smallest absolute Gasteiger partial charge is 0.255 e. The zero-order chi connectivity index (χ0) is 18.2. The van der Waals surface area contributed by atoms with Crippen LogP contribution in [0.15, 0.2) is 53.9 Å². The minimum absolute atomic E-state index is 0.201. The molecule has 1 amide bonds. The van der Waals surface area contributed by atoms with Crippen molar-refractivity contribution in [2.45, 2.75) is 20.4 Å². The van der Waals surface area contributed by atoms with Gasteiger partial charge in [0, 0.05) is 16.6 Å². The Bertz CT molecular complexity index is 862. The Balaban J connectivity index is 1.97. The minimum Gasteiger partial charge on any atom is -0.447 e. The van der Waals surface area contributed by atoms with Gasteiger partial charge >= 0.3 is 0 Å². The number of nitrogens with two attached hydrogens (primary N) is 1. The van der Waals surface area contributed by atoms with E-state index in [-0.39, 0.29) is 11.7 Å². The van der Waals surface area contributed by atoms with Gasteiger partial charge in [-0.1, -0.05) is 0 Å². The van der Waals surface area contributed by atoms with E-state index in [1.54, 1.807) is 31.2 Å². The van der Waals surface area contributed by atoms with E-state index in [4.69, 9.17) is 15.7 Å². The highest BCUT2D eigenvalue weighted by molar-refractivity contribution is 7.13. The number of carbonyl (C=O) groups excluding carboxylic acids is 1. The molecule has 0 aromatic carbocycles. The highest BCUT2D eigenvalue weighted by atomic mass is 32.1. The third-order valence-electron chi connectivity index (χ3n) is 3.18. The average molecular weight is 354 g/mol. The van der Waals surface area contributed by atoms with E-state index in [1.807, 2.05) is 19.1 Å². The van der Waals surface area contributed by atoms with Crippen LogP contribution in [0.4, 0.5) is 5.82 Å². The summed E-state index contributed by atoms with van der Waals surface area (Å²) >= 11 is 1.42. The number of pyridine rings is 1. The molecule has 0 fully saturated rings. The number of nitrogens with one attached hydrogen (secondary N) is 1. The number of ether oxygens (including phenoxy) is 1. The molecule has 0 aliphatic heterocycles. The van der Waals surface area contributed by atoms with Gasteiger partial charge in [0.2, 0.25) is 0 Å². The molecule has 0 spiro atoms. The van der Waals surface area contributed by atoms with Gasteiger partial charge in [-0.3, -0.25) is 4.79 Å². The summed E-state index contributed by atoms with van der Waals surface area (Å²) in [6, 6.07) is 9.05. The highest BCUT2D eigenvalue weighted by Crippen LogP contribution is 2.26. The third-order valence-corrected chi connectivity index (χ3v) is 4.14. The second-order valence-electron chi connectivity index (χ2n) is 5.07. The van der Waals surface area contributed by atoms with Crippen molar-refractivity contribution in [1.82, 2.24) is 10.3 Å². The lowest BCUT2D eigenvalue weighted by molar-refractivity contribution is 0.0952. The molecular weight excluding hydrogens is 336 g/mol. The Kier molecular flexibility index (Phi) is 6.32. The normalized spacial score (nSPS) is 11.7. The van der Waals surface area contributed by atoms with Crippen molar-refractivity contribution >= 4 is 23.1 Å². The molecule has 0 saturated heterocycles. The van der Waals surface area contributed by atoms with Crippen molar-refractivity contribution in [3.05, 3.63) is 64.4 Å². The zero-order valence-corrected chi connectivity index (χ0v) is 14.8. The van der Waals surface area contributed by atoms with Crippen LogP contribution in [-0.2, 0) is 6.54 Å². The Hall–Kier alpha value is -3.11. The van der Waals surface area contributed by atoms with Gasteiger partial charge in [-0.25, -0.2) is 4.98 Å². The van der Waals surface area contributed by atoms with Gasteiger partial charge in [-0.2, -0.15) is 5.26 Å². The van der Waals surface area contributed by atoms with Gasteiger partial charge in [0.15, 0.2) is 5.06 Å². The molecule has 3 N–H and O–H groups in total. The fourth-order valence-corrected chi connectivity index (χ4v) is 2.73. The van der Waals surface area contributed by atoms with Crippen molar-refractivity contribution in [2.24, 2.45) is 0 Å². The molecule has 0 aliphatic carbocycles. The summed E-state index contributed by atoms with van der Waals surface area (Å²) < 4.78 is 5.74. The third kappa shape index (κ3) is 5.19. The van der Waals surface area contributed by atoms with E-state index >= 15 is 0 Å². The second-order valence-corrected chi connectivity index (χ2v) is 6.20. The summed E-state index contributed by atoms with van der Waals surface area (Å²) in [4.78, 5) is 16.9. The molecule has 25 heavy (non-hydrogen) atoms. The van der Waals surface area contributed by atoms with Crippen molar-refractivity contribution in [2.75, 3.05) is 5.73 Å². The largest absolute Gasteiger partial charge is 0.447 e. The second kappa shape index (κ2) is 8.66. The first-order valence-electron chi connectivity index (χ1n) is 7.53. The first kappa shape index (κ1) is 18.2. The molecule has 0 atom stereocenters. The molecule has 7 heteroatoms. The van der Waals surface area contributed by atoms with E-state index < -0.39 is 0 Å². The average Bonchev–Trinajstić information content (AvgIpc) is 3.06. The summed E-state index contributed by atoms with van der Waals surface area (Å²) in [7, 11) is 0. The predicted octanol–water partition coefficient (Wildman–Crippen LogP) is 3.41.